The zero-order valence-corrected chi connectivity index (χ0v) is 19.6. The van der Waals surface area contributed by atoms with Crippen LogP contribution in [0.2, 0.25) is 0 Å². The van der Waals surface area contributed by atoms with Gasteiger partial charge >= 0.3 is 0 Å². The summed E-state index contributed by atoms with van der Waals surface area (Å²) in [4.78, 5) is 13.5. The minimum absolute atomic E-state index is 0. The van der Waals surface area contributed by atoms with Crippen LogP contribution in [0.5, 0.6) is 0 Å². The Morgan fingerprint density at radius 1 is 1.35 bits per heavy atom. The number of nitrogens with one attached hydrogen (secondary N) is 1. The summed E-state index contributed by atoms with van der Waals surface area (Å²) in [5, 5.41) is 3.56. The van der Waals surface area contributed by atoms with E-state index in [1.54, 1.807) is 0 Å². The number of aromatic nitrogens is 2. The topological polar surface area (TPSA) is 48.7 Å². The molecule has 2 heterocycles. The van der Waals surface area contributed by atoms with Crippen LogP contribution >= 0.6 is 35.7 Å². The van der Waals surface area contributed by atoms with Gasteiger partial charge in [0.05, 0.1) is 18.4 Å². The van der Waals surface area contributed by atoms with E-state index in [4.69, 9.17) is 0 Å². The molecule has 0 unspecified atom stereocenters. The molecule has 2 fully saturated rings. The Morgan fingerprint density at radius 3 is 2.69 bits per heavy atom. The number of anilines is 1. The van der Waals surface area contributed by atoms with E-state index in [9.17, 15) is 0 Å². The Bertz CT molecular complexity index is 603. The molecular formula is C18H33IN6S. The number of thioether (sulfide) groups is 1. The fourth-order valence-electron chi connectivity index (χ4n) is 4.04. The average molecular weight is 492 g/mol. The number of hydrogen-bond acceptors (Lipinski definition) is 4. The van der Waals surface area contributed by atoms with Crippen LogP contribution in [0.1, 0.15) is 37.8 Å². The molecule has 1 aliphatic carbocycles. The first-order valence-corrected chi connectivity index (χ1v) is 10.3. The minimum atomic E-state index is 0. The van der Waals surface area contributed by atoms with Gasteiger partial charge in [0.25, 0.3) is 0 Å². The predicted octanol–water partition coefficient (Wildman–Crippen LogP) is 2.93. The van der Waals surface area contributed by atoms with Crippen molar-refractivity contribution < 1.29 is 0 Å². The molecule has 0 atom stereocenters. The molecule has 0 bridgehead atoms. The number of imidazole rings is 1. The van der Waals surface area contributed by atoms with Crippen molar-refractivity contribution in [1.82, 2.24) is 19.8 Å². The van der Waals surface area contributed by atoms with E-state index >= 15 is 0 Å². The van der Waals surface area contributed by atoms with Crippen LogP contribution in [0.25, 0.3) is 0 Å². The monoisotopic (exact) mass is 492 g/mol. The molecule has 3 rings (SSSR count). The lowest BCUT2D eigenvalue weighted by Crippen LogP contribution is -2.53. The van der Waals surface area contributed by atoms with Crippen molar-refractivity contribution in [3.8, 4) is 0 Å². The zero-order chi connectivity index (χ0) is 17.9. The standard InChI is InChI=1S/C18H32N6S.HI/c1-19-16(20-12-15-13-21-17(22(2)3)23(15)4)24-10-11-25-18(14-24)8-6-5-7-9-18;/h13H,5-12,14H2,1-4H3,(H,19,20);1H. The first-order valence-electron chi connectivity index (χ1n) is 9.32. The molecule has 1 N–H and O–H groups in total. The van der Waals surface area contributed by atoms with Crippen LogP contribution in [0.4, 0.5) is 5.95 Å². The van der Waals surface area contributed by atoms with Crippen LogP contribution in [0.3, 0.4) is 0 Å². The van der Waals surface area contributed by atoms with Crippen molar-refractivity contribution in [2.24, 2.45) is 12.0 Å². The van der Waals surface area contributed by atoms with Gasteiger partial charge in [-0.3, -0.25) is 4.99 Å². The third-order valence-corrected chi connectivity index (χ3v) is 6.95. The molecular weight excluding hydrogens is 459 g/mol. The van der Waals surface area contributed by atoms with Crippen molar-refractivity contribution >= 4 is 47.6 Å². The number of hydrogen-bond donors (Lipinski definition) is 1. The van der Waals surface area contributed by atoms with E-state index in [0.29, 0.717) is 4.75 Å². The van der Waals surface area contributed by atoms with Crippen molar-refractivity contribution in [3.63, 3.8) is 0 Å². The van der Waals surface area contributed by atoms with Crippen LogP contribution in [0.15, 0.2) is 11.2 Å². The maximum atomic E-state index is 4.56. The summed E-state index contributed by atoms with van der Waals surface area (Å²) >= 11 is 2.20. The summed E-state index contributed by atoms with van der Waals surface area (Å²) in [5.41, 5.74) is 1.17. The predicted molar refractivity (Wildman–Crippen MR) is 123 cm³/mol. The lowest BCUT2D eigenvalue weighted by atomic mass is 9.87. The van der Waals surface area contributed by atoms with Gasteiger partial charge in [-0.05, 0) is 12.8 Å². The quantitative estimate of drug-likeness (QED) is 0.400. The lowest BCUT2D eigenvalue weighted by molar-refractivity contribution is 0.293. The average Bonchev–Trinajstić information content (AvgIpc) is 2.97. The summed E-state index contributed by atoms with van der Waals surface area (Å²) in [6.07, 6.45) is 8.84. The summed E-state index contributed by atoms with van der Waals surface area (Å²) in [7, 11) is 8.00. The normalized spacial score (nSPS) is 20.0. The van der Waals surface area contributed by atoms with Gasteiger partial charge in [-0.25, -0.2) is 4.98 Å². The summed E-state index contributed by atoms with van der Waals surface area (Å²) < 4.78 is 2.59. The van der Waals surface area contributed by atoms with Gasteiger partial charge in [-0.15, -0.1) is 24.0 Å². The SMILES string of the molecule is CN=C(NCc1cnc(N(C)C)n1C)N1CCSC2(CCCCC2)C1.I. The molecule has 1 saturated carbocycles. The van der Waals surface area contributed by atoms with Crippen molar-refractivity contribution in [2.45, 2.75) is 43.4 Å². The second-order valence-corrected chi connectivity index (χ2v) is 8.98. The molecule has 0 radical (unpaired) electrons. The fraction of sp³-hybridized carbons (Fsp3) is 0.778. The van der Waals surface area contributed by atoms with Gasteiger partial charge in [0.1, 0.15) is 0 Å². The Balaban J connectivity index is 0.00000243. The van der Waals surface area contributed by atoms with Gasteiger partial charge in [0.15, 0.2) is 5.96 Å². The van der Waals surface area contributed by atoms with E-state index in [1.807, 2.05) is 32.2 Å². The first kappa shape index (κ1) is 21.7. The minimum Gasteiger partial charge on any atom is -0.351 e. The largest absolute Gasteiger partial charge is 0.351 e. The highest BCUT2D eigenvalue weighted by Gasteiger charge is 2.38. The highest BCUT2D eigenvalue weighted by atomic mass is 127. The number of guanidine groups is 1. The number of rotatable bonds is 3. The molecule has 1 spiro atoms. The fourth-order valence-corrected chi connectivity index (χ4v) is 5.61. The van der Waals surface area contributed by atoms with E-state index in [-0.39, 0.29) is 24.0 Å². The van der Waals surface area contributed by atoms with Crippen molar-refractivity contribution in [2.75, 3.05) is 44.9 Å². The van der Waals surface area contributed by atoms with Crippen molar-refractivity contribution in [1.29, 1.82) is 0 Å². The zero-order valence-electron chi connectivity index (χ0n) is 16.5. The van der Waals surface area contributed by atoms with Crippen LogP contribution < -0.4 is 10.2 Å². The summed E-state index contributed by atoms with van der Waals surface area (Å²) in [6.45, 7) is 2.97. The molecule has 148 valence electrons. The molecule has 1 saturated heterocycles. The Kier molecular flexibility index (Phi) is 7.93. The molecule has 2 aliphatic rings. The van der Waals surface area contributed by atoms with Crippen LogP contribution in [0, 0.1) is 0 Å². The third-order valence-electron chi connectivity index (χ3n) is 5.41. The maximum Gasteiger partial charge on any atom is 0.204 e. The number of halogens is 1. The molecule has 6 nitrogen and oxygen atoms in total. The molecule has 0 amide bonds. The van der Waals surface area contributed by atoms with E-state index in [1.165, 1.54) is 43.6 Å². The van der Waals surface area contributed by atoms with E-state index in [2.05, 4.69) is 43.6 Å². The van der Waals surface area contributed by atoms with Crippen molar-refractivity contribution in [3.05, 3.63) is 11.9 Å². The Morgan fingerprint density at radius 2 is 2.08 bits per heavy atom. The molecule has 26 heavy (non-hydrogen) atoms. The Hall–Kier alpha value is -0.640. The molecule has 1 aliphatic heterocycles. The maximum absolute atomic E-state index is 4.56. The second kappa shape index (κ2) is 9.52. The lowest BCUT2D eigenvalue weighted by Gasteiger charge is -2.45. The third kappa shape index (κ3) is 4.79. The highest BCUT2D eigenvalue weighted by molar-refractivity contribution is 14.0. The van der Waals surface area contributed by atoms with E-state index in [0.717, 1.165) is 31.5 Å². The van der Waals surface area contributed by atoms with E-state index < -0.39 is 0 Å². The summed E-state index contributed by atoms with van der Waals surface area (Å²) in [6, 6.07) is 0. The molecule has 8 heteroatoms. The number of nitrogens with zero attached hydrogens (tertiary/aromatic N) is 5. The van der Waals surface area contributed by atoms with Gasteiger partial charge in [0.2, 0.25) is 5.95 Å². The van der Waals surface area contributed by atoms with Gasteiger partial charge in [-0.2, -0.15) is 11.8 Å². The molecule has 0 aromatic carbocycles. The highest BCUT2D eigenvalue weighted by Crippen LogP contribution is 2.42. The van der Waals surface area contributed by atoms with Gasteiger partial charge < -0.3 is 19.7 Å². The second-order valence-electron chi connectivity index (χ2n) is 7.42. The smallest absolute Gasteiger partial charge is 0.204 e. The summed E-state index contributed by atoms with van der Waals surface area (Å²) in [5.74, 6) is 3.21. The van der Waals surface area contributed by atoms with Crippen LogP contribution in [-0.2, 0) is 13.6 Å². The van der Waals surface area contributed by atoms with Crippen LogP contribution in [-0.4, -0.2) is 65.1 Å². The van der Waals surface area contributed by atoms with Gasteiger partial charge in [-0.1, -0.05) is 19.3 Å². The number of aliphatic imine (C=N–C) groups is 1. The molecule has 1 aromatic rings. The molecule has 1 aromatic heterocycles. The first-order chi connectivity index (χ1) is 12.0. The Labute approximate surface area is 179 Å². The van der Waals surface area contributed by atoms with Gasteiger partial charge in [0, 0.05) is 51.8 Å².